The van der Waals surface area contributed by atoms with Crippen LogP contribution in [0.4, 0.5) is 0 Å². The van der Waals surface area contributed by atoms with E-state index in [-0.39, 0.29) is 0 Å². The van der Waals surface area contributed by atoms with Crippen molar-refractivity contribution < 1.29 is 9.47 Å². The maximum Gasteiger partial charge on any atom is 0.175 e. The van der Waals surface area contributed by atoms with Crippen molar-refractivity contribution in [3.8, 4) is 11.5 Å². The van der Waals surface area contributed by atoms with Crippen molar-refractivity contribution in [1.29, 1.82) is 0 Å². The Hall–Kier alpha value is -0.740. The average Bonchev–Trinajstić information content (AvgIpc) is 2.84. The molecule has 4 heteroatoms. The molecule has 1 aliphatic rings. The summed E-state index contributed by atoms with van der Waals surface area (Å²) in [5.74, 6) is 1.56. The highest BCUT2D eigenvalue weighted by molar-refractivity contribution is 9.10. The van der Waals surface area contributed by atoms with Crippen LogP contribution in [0.25, 0.3) is 0 Å². The maximum absolute atomic E-state index is 6.01. The molecule has 0 bridgehead atoms. The molecule has 1 aromatic carbocycles. The van der Waals surface area contributed by atoms with Gasteiger partial charge in [0.2, 0.25) is 0 Å². The van der Waals surface area contributed by atoms with Crippen LogP contribution in [0.5, 0.6) is 11.5 Å². The summed E-state index contributed by atoms with van der Waals surface area (Å²) >= 11 is 3.53. The number of hydrogen-bond donors (Lipinski definition) is 1. The first-order valence-corrected chi connectivity index (χ1v) is 6.77. The summed E-state index contributed by atoms with van der Waals surface area (Å²) in [4.78, 5) is 0. The van der Waals surface area contributed by atoms with Crippen LogP contribution in [-0.2, 0) is 6.54 Å². The van der Waals surface area contributed by atoms with Gasteiger partial charge in [-0.25, -0.2) is 0 Å². The number of nitrogens with two attached hydrogens (primary N) is 1. The van der Waals surface area contributed by atoms with Gasteiger partial charge >= 0.3 is 0 Å². The zero-order valence-electron chi connectivity index (χ0n) is 10.0. The van der Waals surface area contributed by atoms with Crippen molar-refractivity contribution in [2.45, 2.75) is 38.3 Å². The van der Waals surface area contributed by atoms with Crippen LogP contribution in [0.15, 0.2) is 16.6 Å². The van der Waals surface area contributed by atoms with Gasteiger partial charge < -0.3 is 15.2 Å². The molecule has 1 fully saturated rings. The van der Waals surface area contributed by atoms with Crippen molar-refractivity contribution in [3.05, 3.63) is 22.2 Å². The number of methoxy groups -OCH3 is 1. The smallest absolute Gasteiger partial charge is 0.175 e. The Labute approximate surface area is 110 Å². The van der Waals surface area contributed by atoms with E-state index in [1.165, 1.54) is 12.8 Å². The van der Waals surface area contributed by atoms with Gasteiger partial charge in [-0.05, 0) is 59.3 Å². The first-order valence-electron chi connectivity index (χ1n) is 5.97. The molecule has 3 nitrogen and oxygen atoms in total. The topological polar surface area (TPSA) is 44.5 Å². The fraction of sp³-hybridized carbons (Fsp3) is 0.538. The Balaban J connectivity index is 2.24. The van der Waals surface area contributed by atoms with Crippen molar-refractivity contribution >= 4 is 15.9 Å². The Morgan fingerprint density at radius 2 is 2.06 bits per heavy atom. The maximum atomic E-state index is 6.01. The largest absolute Gasteiger partial charge is 0.493 e. The molecule has 0 amide bonds. The minimum absolute atomic E-state index is 0.323. The lowest BCUT2D eigenvalue weighted by Crippen LogP contribution is -2.12. The molecule has 0 saturated heterocycles. The molecule has 1 saturated carbocycles. The van der Waals surface area contributed by atoms with Crippen LogP contribution in [0, 0.1) is 0 Å². The molecule has 2 N–H and O–H groups in total. The Kier molecular flexibility index (Phi) is 4.29. The molecule has 2 rings (SSSR count). The average molecular weight is 300 g/mol. The van der Waals surface area contributed by atoms with E-state index >= 15 is 0 Å². The van der Waals surface area contributed by atoms with E-state index in [1.807, 2.05) is 12.1 Å². The molecule has 0 aliphatic heterocycles. The number of halogens is 1. The van der Waals surface area contributed by atoms with Crippen LogP contribution in [-0.4, -0.2) is 13.2 Å². The second kappa shape index (κ2) is 5.74. The number of benzene rings is 1. The fourth-order valence-corrected chi connectivity index (χ4v) is 2.76. The molecular weight excluding hydrogens is 282 g/mol. The predicted octanol–water partition coefficient (Wildman–Crippen LogP) is 3.24. The van der Waals surface area contributed by atoms with Gasteiger partial charge in [0.15, 0.2) is 11.5 Å². The molecule has 0 atom stereocenters. The third-order valence-electron chi connectivity index (χ3n) is 3.11. The minimum Gasteiger partial charge on any atom is -0.493 e. The van der Waals surface area contributed by atoms with E-state index in [1.54, 1.807) is 7.11 Å². The van der Waals surface area contributed by atoms with Gasteiger partial charge in [0.05, 0.1) is 17.7 Å². The Morgan fingerprint density at radius 1 is 1.35 bits per heavy atom. The zero-order valence-corrected chi connectivity index (χ0v) is 11.6. The highest BCUT2D eigenvalue weighted by Gasteiger charge is 2.20. The van der Waals surface area contributed by atoms with Crippen molar-refractivity contribution in [2.24, 2.45) is 5.73 Å². The third kappa shape index (κ3) is 2.93. The minimum atomic E-state index is 0.323. The molecule has 0 radical (unpaired) electrons. The molecule has 17 heavy (non-hydrogen) atoms. The van der Waals surface area contributed by atoms with Gasteiger partial charge in [0.1, 0.15) is 0 Å². The molecule has 94 valence electrons. The lowest BCUT2D eigenvalue weighted by atomic mass is 10.2. The summed E-state index contributed by atoms with van der Waals surface area (Å²) in [7, 11) is 1.66. The second-order valence-corrected chi connectivity index (χ2v) is 5.19. The van der Waals surface area contributed by atoms with E-state index in [9.17, 15) is 0 Å². The fourth-order valence-electron chi connectivity index (χ4n) is 2.18. The van der Waals surface area contributed by atoms with Gasteiger partial charge in [-0.3, -0.25) is 0 Å². The standard InChI is InChI=1S/C13H18BrNO2/c1-16-12-7-9(8-15)6-11(14)13(12)17-10-4-2-3-5-10/h6-7,10H,2-5,8,15H2,1H3. The van der Waals surface area contributed by atoms with Gasteiger partial charge in [0.25, 0.3) is 0 Å². The summed E-state index contributed by atoms with van der Waals surface area (Å²) in [6.45, 7) is 0.499. The molecule has 0 heterocycles. The Morgan fingerprint density at radius 3 is 2.65 bits per heavy atom. The van der Waals surface area contributed by atoms with E-state index in [0.29, 0.717) is 12.6 Å². The van der Waals surface area contributed by atoms with Crippen LogP contribution in [0.3, 0.4) is 0 Å². The lowest BCUT2D eigenvalue weighted by Gasteiger charge is -2.18. The van der Waals surface area contributed by atoms with Crippen LogP contribution in [0.1, 0.15) is 31.2 Å². The summed E-state index contributed by atoms with van der Waals surface area (Å²) in [5, 5.41) is 0. The van der Waals surface area contributed by atoms with Crippen molar-refractivity contribution in [1.82, 2.24) is 0 Å². The molecule has 1 aromatic rings. The third-order valence-corrected chi connectivity index (χ3v) is 3.70. The normalized spacial score (nSPS) is 16.2. The van der Waals surface area contributed by atoms with Gasteiger partial charge in [0, 0.05) is 6.54 Å². The van der Waals surface area contributed by atoms with Crippen LogP contribution < -0.4 is 15.2 Å². The molecule has 0 unspecified atom stereocenters. The van der Waals surface area contributed by atoms with Gasteiger partial charge in [-0.2, -0.15) is 0 Å². The highest BCUT2D eigenvalue weighted by atomic mass is 79.9. The molecule has 0 aromatic heterocycles. The SMILES string of the molecule is COc1cc(CN)cc(Br)c1OC1CCCC1. The zero-order chi connectivity index (χ0) is 12.3. The van der Waals surface area contributed by atoms with Gasteiger partial charge in [-0.1, -0.05) is 0 Å². The van der Waals surface area contributed by atoms with Crippen LogP contribution in [0.2, 0.25) is 0 Å². The summed E-state index contributed by atoms with van der Waals surface area (Å²) in [6.07, 6.45) is 5.10. The van der Waals surface area contributed by atoms with E-state index in [2.05, 4.69) is 15.9 Å². The number of rotatable bonds is 4. The van der Waals surface area contributed by atoms with Crippen LogP contribution >= 0.6 is 15.9 Å². The molecule has 1 aliphatic carbocycles. The highest BCUT2D eigenvalue weighted by Crippen LogP contribution is 2.39. The van der Waals surface area contributed by atoms with Crippen molar-refractivity contribution in [2.75, 3.05) is 7.11 Å². The molecular formula is C13H18BrNO2. The monoisotopic (exact) mass is 299 g/mol. The summed E-state index contributed by atoms with van der Waals surface area (Å²) in [6, 6.07) is 3.93. The lowest BCUT2D eigenvalue weighted by molar-refractivity contribution is 0.199. The van der Waals surface area contributed by atoms with E-state index < -0.39 is 0 Å². The van der Waals surface area contributed by atoms with Gasteiger partial charge in [-0.15, -0.1) is 0 Å². The Bertz CT molecular complexity index is 389. The molecule has 0 spiro atoms. The quantitative estimate of drug-likeness (QED) is 0.928. The first-order chi connectivity index (χ1) is 8.24. The van der Waals surface area contributed by atoms with Crippen molar-refractivity contribution in [3.63, 3.8) is 0 Å². The van der Waals surface area contributed by atoms with E-state index in [0.717, 1.165) is 34.4 Å². The number of ether oxygens (including phenoxy) is 2. The number of hydrogen-bond acceptors (Lipinski definition) is 3. The summed E-state index contributed by atoms with van der Waals surface area (Å²) < 4.78 is 12.3. The van der Waals surface area contributed by atoms with E-state index in [4.69, 9.17) is 15.2 Å². The predicted molar refractivity (Wildman–Crippen MR) is 71.5 cm³/mol. The summed E-state index contributed by atoms with van der Waals surface area (Å²) in [5.41, 5.74) is 6.67. The first kappa shape index (κ1) is 12.7. The second-order valence-electron chi connectivity index (χ2n) is 4.34.